The minimum absolute atomic E-state index is 0.0856. The first kappa shape index (κ1) is 7.61. The summed E-state index contributed by atoms with van der Waals surface area (Å²) in [7, 11) is 1.45. The van der Waals surface area contributed by atoms with Crippen molar-refractivity contribution in [1.29, 1.82) is 0 Å². The van der Waals surface area contributed by atoms with Gasteiger partial charge in [0.2, 0.25) is 6.10 Å². The van der Waals surface area contributed by atoms with E-state index in [-0.39, 0.29) is 5.82 Å². The summed E-state index contributed by atoms with van der Waals surface area (Å²) in [6.45, 7) is 0. The van der Waals surface area contributed by atoms with Crippen molar-refractivity contribution in [1.82, 2.24) is 20.2 Å². The normalized spacial score (nSPS) is 12.9. The van der Waals surface area contributed by atoms with Gasteiger partial charge in [-0.2, -0.15) is 0 Å². The van der Waals surface area contributed by atoms with Gasteiger partial charge in [0.15, 0.2) is 5.82 Å². The Balaban J connectivity index is 2.92. The van der Waals surface area contributed by atoms with E-state index in [0.29, 0.717) is 0 Å². The number of hydrogen-bond acceptors (Lipinski definition) is 5. The lowest BCUT2D eigenvalue weighted by molar-refractivity contribution is -0.147. The summed E-state index contributed by atoms with van der Waals surface area (Å²) in [5.74, 6) is -1.46. The highest BCUT2D eigenvalue weighted by Gasteiger charge is 2.21. The summed E-state index contributed by atoms with van der Waals surface area (Å²) in [6.07, 6.45) is -1.66. The Labute approximate surface area is 61.3 Å². The number of aliphatic hydroxyl groups is 1. The third kappa shape index (κ3) is 1.32. The van der Waals surface area contributed by atoms with Gasteiger partial charge in [0.1, 0.15) is 0 Å². The Kier molecular flexibility index (Phi) is 1.81. The number of aromatic nitrogens is 4. The van der Waals surface area contributed by atoms with Crippen molar-refractivity contribution in [3.05, 3.63) is 5.82 Å². The number of aliphatic hydroxyl groups excluding tert-OH is 1. The molecule has 11 heavy (non-hydrogen) atoms. The number of nitrogens with zero attached hydrogens (tertiary/aromatic N) is 4. The number of aryl methyl sites for hydroxylation is 1. The Hall–Kier alpha value is -1.50. The van der Waals surface area contributed by atoms with Crippen LogP contribution in [0.1, 0.15) is 11.9 Å². The molecule has 1 aromatic rings. The molecular formula is C4H6N4O3. The minimum Gasteiger partial charge on any atom is -0.479 e. The highest BCUT2D eigenvalue weighted by molar-refractivity contribution is 5.72. The van der Waals surface area contributed by atoms with Crippen LogP contribution in [0.25, 0.3) is 0 Å². The van der Waals surface area contributed by atoms with E-state index in [4.69, 9.17) is 10.2 Å². The minimum atomic E-state index is -1.66. The average molecular weight is 158 g/mol. The van der Waals surface area contributed by atoms with Gasteiger partial charge in [-0.25, -0.2) is 9.48 Å². The number of carboxylic acid groups (broad SMARTS) is 1. The van der Waals surface area contributed by atoms with Gasteiger partial charge in [-0.3, -0.25) is 0 Å². The Bertz CT molecular complexity index is 270. The Morgan fingerprint density at radius 2 is 2.36 bits per heavy atom. The second kappa shape index (κ2) is 2.62. The molecule has 0 radical (unpaired) electrons. The number of aliphatic carboxylic acids is 1. The van der Waals surface area contributed by atoms with Crippen molar-refractivity contribution in [2.24, 2.45) is 7.05 Å². The fourth-order valence-electron chi connectivity index (χ4n) is 0.578. The van der Waals surface area contributed by atoms with Crippen molar-refractivity contribution < 1.29 is 15.0 Å². The average Bonchev–Trinajstić information content (AvgIpc) is 2.33. The molecule has 1 atom stereocenters. The molecule has 0 spiro atoms. The van der Waals surface area contributed by atoms with Crippen molar-refractivity contribution in [3.8, 4) is 0 Å². The molecule has 1 aromatic heterocycles. The van der Waals surface area contributed by atoms with Crippen LogP contribution >= 0.6 is 0 Å². The molecule has 0 aliphatic heterocycles. The van der Waals surface area contributed by atoms with E-state index in [2.05, 4.69) is 15.5 Å². The van der Waals surface area contributed by atoms with E-state index >= 15 is 0 Å². The highest BCUT2D eigenvalue weighted by atomic mass is 16.4. The van der Waals surface area contributed by atoms with Gasteiger partial charge >= 0.3 is 5.97 Å². The molecular weight excluding hydrogens is 152 g/mol. The fraction of sp³-hybridized carbons (Fsp3) is 0.500. The van der Waals surface area contributed by atoms with Crippen molar-refractivity contribution in [2.45, 2.75) is 6.10 Å². The number of carbonyl (C=O) groups is 1. The highest BCUT2D eigenvalue weighted by Crippen LogP contribution is 2.05. The van der Waals surface area contributed by atoms with Crippen molar-refractivity contribution >= 4 is 5.97 Å². The van der Waals surface area contributed by atoms with Gasteiger partial charge in [-0.15, -0.1) is 5.10 Å². The quantitative estimate of drug-likeness (QED) is 0.533. The van der Waals surface area contributed by atoms with Gasteiger partial charge in [0.25, 0.3) is 0 Å². The first-order valence-electron chi connectivity index (χ1n) is 2.76. The number of carboxylic acids is 1. The van der Waals surface area contributed by atoms with E-state index in [1.807, 2.05) is 0 Å². The molecule has 7 heteroatoms. The second-order valence-corrected chi connectivity index (χ2v) is 1.90. The molecule has 0 amide bonds. The fourth-order valence-corrected chi connectivity index (χ4v) is 0.578. The second-order valence-electron chi connectivity index (χ2n) is 1.90. The van der Waals surface area contributed by atoms with Crippen LogP contribution in [-0.2, 0) is 11.8 Å². The summed E-state index contributed by atoms with van der Waals surface area (Å²) in [4.78, 5) is 10.2. The molecule has 0 aliphatic rings. The molecule has 0 bridgehead atoms. The molecule has 1 heterocycles. The van der Waals surface area contributed by atoms with Crippen LogP contribution in [0.4, 0.5) is 0 Å². The van der Waals surface area contributed by atoms with Crippen LogP contribution in [0, 0.1) is 0 Å². The summed E-state index contributed by atoms with van der Waals surface area (Å²) in [5.41, 5.74) is 0. The number of tetrazole rings is 1. The molecule has 0 saturated heterocycles. The standard InChI is InChI=1S/C4H6N4O3/c1-8-3(5-6-7-8)2(9)4(10)11/h2,9H,1H3,(H,10,11). The summed E-state index contributed by atoms with van der Waals surface area (Å²) < 4.78 is 1.10. The van der Waals surface area contributed by atoms with Gasteiger partial charge in [-0.1, -0.05) is 0 Å². The summed E-state index contributed by atoms with van der Waals surface area (Å²) >= 11 is 0. The SMILES string of the molecule is Cn1nnnc1C(O)C(=O)O. The van der Waals surface area contributed by atoms with Crippen LogP contribution < -0.4 is 0 Å². The Morgan fingerprint density at radius 3 is 2.73 bits per heavy atom. The summed E-state index contributed by atoms with van der Waals surface area (Å²) in [5, 5.41) is 27.0. The maximum absolute atomic E-state index is 10.2. The number of hydrogen-bond donors (Lipinski definition) is 2. The molecule has 0 aliphatic carbocycles. The molecule has 0 fully saturated rings. The lowest BCUT2D eigenvalue weighted by atomic mass is 10.3. The van der Waals surface area contributed by atoms with Gasteiger partial charge < -0.3 is 10.2 Å². The van der Waals surface area contributed by atoms with Crippen molar-refractivity contribution in [3.63, 3.8) is 0 Å². The molecule has 0 saturated carbocycles. The predicted molar refractivity (Wildman–Crippen MR) is 31.4 cm³/mol. The first-order valence-corrected chi connectivity index (χ1v) is 2.76. The molecule has 1 rings (SSSR count). The smallest absolute Gasteiger partial charge is 0.340 e. The number of rotatable bonds is 2. The third-order valence-electron chi connectivity index (χ3n) is 1.13. The third-order valence-corrected chi connectivity index (χ3v) is 1.13. The van der Waals surface area contributed by atoms with Gasteiger partial charge in [0, 0.05) is 7.05 Å². The predicted octanol–water partition coefficient (Wildman–Crippen LogP) is -1.67. The van der Waals surface area contributed by atoms with Crippen LogP contribution in [0.5, 0.6) is 0 Å². The molecule has 1 unspecified atom stereocenters. The van der Waals surface area contributed by atoms with Crippen molar-refractivity contribution in [2.75, 3.05) is 0 Å². The topological polar surface area (TPSA) is 101 Å². The van der Waals surface area contributed by atoms with E-state index in [9.17, 15) is 4.79 Å². The monoisotopic (exact) mass is 158 g/mol. The Morgan fingerprint density at radius 1 is 1.73 bits per heavy atom. The van der Waals surface area contributed by atoms with E-state index in [1.165, 1.54) is 7.05 Å². The van der Waals surface area contributed by atoms with Gasteiger partial charge in [0.05, 0.1) is 0 Å². The van der Waals surface area contributed by atoms with Gasteiger partial charge in [-0.05, 0) is 10.4 Å². The molecule has 2 N–H and O–H groups in total. The van der Waals surface area contributed by atoms with Crippen LogP contribution in [0.15, 0.2) is 0 Å². The zero-order valence-electron chi connectivity index (χ0n) is 5.67. The lowest BCUT2D eigenvalue weighted by Crippen LogP contribution is -2.15. The largest absolute Gasteiger partial charge is 0.479 e. The zero-order valence-corrected chi connectivity index (χ0v) is 5.67. The lowest BCUT2D eigenvalue weighted by Gasteiger charge is -2.00. The molecule has 60 valence electrons. The van der Waals surface area contributed by atoms with Crippen LogP contribution in [0.2, 0.25) is 0 Å². The van der Waals surface area contributed by atoms with E-state index in [0.717, 1.165) is 4.68 Å². The maximum atomic E-state index is 10.2. The molecule has 7 nitrogen and oxygen atoms in total. The van der Waals surface area contributed by atoms with E-state index < -0.39 is 12.1 Å². The first-order chi connectivity index (χ1) is 5.13. The van der Waals surface area contributed by atoms with Crippen LogP contribution in [-0.4, -0.2) is 36.4 Å². The van der Waals surface area contributed by atoms with E-state index in [1.54, 1.807) is 0 Å². The van der Waals surface area contributed by atoms with Crippen LogP contribution in [0.3, 0.4) is 0 Å². The molecule has 0 aromatic carbocycles. The maximum Gasteiger partial charge on any atom is 0.340 e. The summed E-state index contributed by atoms with van der Waals surface area (Å²) in [6, 6.07) is 0. The zero-order chi connectivity index (χ0) is 8.43.